The number of rotatable bonds is 11. The molecule has 7 rings (SSSR count). The van der Waals surface area contributed by atoms with E-state index >= 15 is 0 Å². The summed E-state index contributed by atoms with van der Waals surface area (Å²) in [5.41, 5.74) is 7.45. The molecule has 12 nitrogen and oxygen atoms in total. The number of hydrogen-bond acceptors (Lipinski definition) is 10. The van der Waals surface area contributed by atoms with Crippen LogP contribution in [0.1, 0.15) is 88.7 Å². The van der Waals surface area contributed by atoms with Crippen LogP contribution < -0.4 is 31.2 Å². The topological polar surface area (TPSA) is 166 Å². The van der Waals surface area contributed by atoms with Gasteiger partial charge in [0.05, 0.1) is 38.0 Å². The molecule has 4 aromatic carbocycles. The predicted molar refractivity (Wildman–Crippen MR) is 233 cm³/mol. The van der Waals surface area contributed by atoms with Gasteiger partial charge in [0.2, 0.25) is 0 Å². The third-order valence-corrected chi connectivity index (χ3v) is 9.97. The van der Waals surface area contributed by atoms with Crippen LogP contribution in [0.25, 0.3) is 0 Å². The van der Waals surface area contributed by atoms with Gasteiger partial charge in [-0.2, -0.15) is 0 Å². The summed E-state index contributed by atoms with van der Waals surface area (Å²) in [5, 5.41) is 19.5. The van der Waals surface area contributed by atoms with Gasteiger partial charge in [-0.1, -0.05) is 36.4 Å². The van der Waals surface area contributed by atoms with Crippen molar-refractivity contribution in [2.45, 2.75) is 115 Å². The summed E-state index contributed by atoms with van der Waals surface area (Å²) in [6, 6.07) is 21.0. The maximum absolute atomic E-state index is 13.7. The molecule has 0 spiro atoms. The van der Waals surface area contributed by atoms with Crippen molar-refractivity contribution < 1.29 is 55.9 Å². The molecule has 1 saturated heterocycles. The van der Waals surface area contributed by atoms with Gasteiger partial charge in [0.25, 0.3) is 0 Å². The Morgan fingerprint density at radius 1 is 0.719 bits per heavy atom. The van der Waals surface area contributed by atoms with E-state index in [4.69, 9.17) is 29.4 Å². The SMILES string of the molecule is CC(C)(C)OC(=O)N[C@@H](Cc1cc(F)cc(F)c1)C1CO1.CC(C)(C)OC(=O)N[C@@H](Cc1cc(F)cc(F)c1)[C@H](O)CNC1CCOc2ccccc21.NC1CCOc2ccccc21. The molecule has 0 bridgehead atoms. The number of para-hydroxylation sites is 2. The van der Waals surface area contributed by atoms with Crippen LogP contribution in [-0.2, 0) is 27.1 Å². The number of fused-ring (bicyclic) bond motifs is 2. The molecule has 0 saturated carbocycles. The summed E-state index contributed by atoms with van der Waals surface area (Å²) >= 11 is 0. The first-order valence-corrected chi connectivity index (χ1v) is 21.3. The first kappa shape index (κ1) is 49.6. The Hall–Kier alpha value is -5.42. The fourth-order valence-electron chi connectivity index (χ4n) is 7.06. The van der Waals surface area contributed by atoms with E-state index < -0.39 is 58.8 Å². The second-order valence-corrected chi connectivity index (χ2v) is 17.8. The number of nitrogens with one attached hydrogen (secondary N) is 3. The van der Waals surface area contributed by atoms with Crippen molar-refractivity contribution in [1.82, 2.24) is 16.0 Å². The van der Waals surface area contributed by atoms with Crippen molar-refractivity contribution in [2.75, 3.05) is 26.4 Å². The Balaban J connectivity index is 0.000000204. The number of hydrogen-bond donors (Lipinski definition) is 5. The molecule has 3 aliphatic heterocycles. The summed E-state index contributed by atoms with van der Waals surface area (Å²) in [6.07, 6.45) is -0.512. The molecular weight excluding hydrogens is 837 g/mol. The highest BCUT2D eigenvalue weighted by atomic mass is 19.1. The Labute approximate surface area is 372 Å². The maximum atomic E-state index is 13.7. The van der Waals surface area contributed by atoms with Crippen LogP contribution in [0.15, 0.2) is 84.9 Å². The molecule has 0 radical (unpaired) electrons. The third-order valence-electron chi connectivity index (χ3n) is 9.97. The highest BCUT2D eigenvalue weighted by Crippen LogP contribution is 2.32. The summed E-state index contributed by atoms with van der Waals surface area (Å²) in [5.74, 6) is -0.976. The van der Waals surface area contributed by atoms with E-state index in [1.54, 1.807) is 41.5 Å². The van der Waals surface area contributed by atoms with Gasteiger partial charge in [0.1, 0.15) is 52.1 Å². The summed E-state index contributed by atoms with van der Waals surface area (Å²) in [4.78, 5) is 24.1. The van der Waals surface area contributed by atoms with E-state index in [9.17, 15) is 32.3 Å². The minimum atomic E-state index is -1.04. The van der Waals surface area contributed by atoms with Gasteiger partial charge in [-0.3, -0.25) is 0 Å². The number of benzene rings is 4. The van der Waals surface area contributed by atoms with E-state index in [1.165, 1.54) is 24.3 Å². The van der Waals surface area contributed by atoms with Crippen LogP contribution in [-0.4, -0.2) is 79.2 Å². The lowest BCUT2D eigenvalue weighted by molar-refractivity contribution is 0.0417. The van der Waals surface area contributed by atoms with Crippen molar-refractivity contribution in [1.29, 1.82) is 0 Å². The predicted octanol–water partition coefficient (Wildman–Crippen LogP) is 8.14. The first-order chi connectivity index (χ1) is 30.2. The van der Waals surface area contributed by atoms with Crippen molar-refractivity contribution >= 4 is 12.2 Å². The molecule has 0 aromatic heterocycles. The molecule has 3 heterocycles. The van der Waals surface area contributed by atoms with Crippen LogP contribution in [0.5, 0.6) is 11.5 Å². The van der Waals surface area contributed by atoms with Crippen LogP contribution >= 0.6 is 0 Å². The number of alkyl carbamates (subject to hydrolysis) is 2. The van der Waals surface area contributed by atoms with Crippen LogP contribution in [0.3, 0.4) is 0 Å². The van der Waals surface area contributed by atoms with Crippen molar-refractivity contribution in [3.05, 3.63) is 130 Å². The monoisotopic (exact) mass is 896 g/mol. The maximum Gasteiger partial charge on any atom is 0.407 e. The van der Waals surface area contributed by atoms with Crippen LogP contribution in [0, 0.1) is 23.3 Å². The molecule has 6 atom stereocenters. The fraction of sp³-hybridized carbons (Fsp3) is 0.458. The quantitative estimate of drug-likeness (QED) is 0.0733. The van der Waals surface area contributed by atoms with Crippen molar-refractivity contribution in [3.63, 3.8) is 0 Å². The van der Waals surface area contributed by atoms with Gasteiger partial charge >= 0.3 is 12.2 Å². The summed E-state index contributed by atoms with van der Waals surface area (Å²) < 4.78 is 80.4. The molecule has 6 N–H and O–H groups in total. The lowest BCUT2D eigenvalue weighted by Gasteiger charge is -2.30. The van der Waals surface area contributed by atoms with Gasteiger partial charge in [-0.15, -0.1) is 0 Å². The Bertz CT molecular complexity index is 2120. The Morgan fingerprint density at radius 2 is 1.19 bits per heavy atom. The van der Waals surface area contributed by atoms with Gasteiger partial charge in [0.15, 0.2) is 0 Å². The first-order valence-electron chi connectivity index (χ1n) is 21.3. The van der Waals surface area contributed by atoms with E-state index in [-0.39, 0.29) is 43.6 Å². The molecule has 1 fully saturated rings. The lowest BCUT2D eigenvalue weighted by Crippen LogP contribution is -2.50. The average molecular weight is 897 g/mol. The minimum Gasteiger partial charge on any atom is -0.493 e. The zero-order valence-corrected chi connectivity index (χ0v) is 37.1. The molecular formula is C48H60F4N4O8. The van der Waals surface area contributed by atoms with Crippen molar-refractivity contribution in [3.8, 4) is 11.5 Å². The Kier molecular flexibility index (Phi) is 17.4. The normalized spacial score (nSPS) is 18.8. The molecule has 348 valence electrons. The van der Waals surface area contributed by atoms with E-state index in [0.717, 1.165) is 54.2 Å². The Morgan fingerprint density at radius 3 is 1.70 bits per heavy atom. The number of halogens is 4. The largest absolute Gasteiger partial charge is 0.493 e. The molecule has 3 unspecified atom stereocenters. The van der Waals surface area contributed by atoms with Gasteiger partial charge in [0, 0.05) is 54.7 Å². The van der Waals surface area contributed by atoms with E-state index in [0.29, 0.717) is 24.3 Å². The number of aliphatic hydroxyl groups excluding tert-OH is 1. The minimum absolute atomic E-state index is 0.0246. The zero-order valence-electron chi connectivity index (χ0n) is 37.1. The highest BCUT2D eigenvalue weighted by Gasteiger charge is 2.35. The third kappa shape index (κ3) is 16.6. The number of aliphatic hydroxyl groups is 1. The van der Waals surface area contributed by atoms with Crippen molar-refractivity contribution in [2.24, 2.45) is 5.73 Å². The lowest BCUT2D eigenvalue weighted by atomic mass is 9.98. The number of amides is 2. The molecule has 16 heteroatoms. The molecule has 64 heavy (non-hydrogen) atoms. The highest BCUT2D eigenvalue weighted by molar-refractivity contribution is 5.68. The second kappa shape index (κ2) is 22.5. The number of ether oxygens (including phenoxy) is 5. The zero-order chi connectivity index (χ0) is 46.6. The number of carbonyl (C=O) groups is 2. The van der Waals surface area contributed by atoms with Gasteiger partial charge < -0.3 is 50.5 Å². The molecule has 4 aromatic rings. The summed E-state index contributed by atoms with van der Waals surface area (Å²) in [6.45, 7) is 12.4. The molecule has 2 amide bonds. The molecule has 0 aliphatic carbocycles. The van der Waals surface area contributed by atoms with Gasteiger partial charge in [-0.25, -0.2) is 27.2 Å². The smallest absolute Gasteiger partial charge is 0.407 e. The van der Waals surface area contributed by atoms with E-state index in [1.807, 2.05) is 48.5 Å². The van der Waals surface area contributed by atoms with Gasteiger partial charge in [-0.05, 0) is 102 Å². The number of carbonyl (C=O) groups excluding carboxylic acids is 2. The fourth-order valence-corrected chi connectivity index (χ4v) is 7.06. The number of nitrogens with two attached hydrogens (primary N) is 1. The van der Waals surface area contributed by atoms with Crippen LogP contribution in [0.4, 0.5) is 27.2 Å². The summed E-state index contributed by atoms with van der Waals surface area (Å²) in [7, 11) is 0. The number of epoxide rings is 1. The van der Waals surface area contributed by atoms with E-state index in [2.05, 4.69) is 16.0 Å². The van der Waals surface area contributed by atoms with Crippen LogP contribution in [0.2, 0.25) is 0 Å². The molecule has 3 aliphatic rings. The average Bonchev–Trinajstić information content (AvgIpc) is 4.04. The standard InChI is InChI=1S/C24H30F2N2O4.C15H19F2NO3.C9H11NO/c1-24(2,3)32-23(30)28-20(12-15-10-16(25)13-17(26)11-15)21(29)14-27-19-8-9-31-22-7-5-4-6-18(19)22;1-15(2,3)21-14(19)18-12(13-8-20-13)6-9-4-10(16)7-11(17)5-9;10-8-5-6-11-9-4-2-1-3-7(8)9/h4-7,10-11,13,19-21,27,29H,8-9,12,14H2,1-3H3,(H,28,30);4-5,7,12-13H,6,8H2,1-3H3,(H,18,19);1-4,8H,5-6,10H2/t19?,20-,21+;12-,13?;/m00./s1. The second-order valence-electron chi connectivity index (χ2n) is 17.8.